The van der Waals surface area contributed by atoms with Crippen molar-refractivity contribution in [1.29, 1.82) is 0 Å². The quantitative estimate of drug-likeness (QED) is 0.578. The average molecular weight is 429 g/mol. The standard InChI is InChI=1S/C21H24N6O2.ClH/c1-2-16-14-18(28)26-19(24-16)15-5-3-6-17(13-15)25-20(29)21(7-10-22-11-8-21)27-12-4-9-23-27;/h3-6,9,12-14,22H,2,7-8,10-11H2,1H3,(H,25,29)(H,24,26,28);1H. The first kappa shape index (κ1) is 21.7. The second-order valence-corrected chi connectivity index (χ2v) is 7.21. The smallest absolute Gasteiger partial charge is 0.252 e. The van der Waals surface area contributed by atoms with E-state index in [0.29, 0.717) is 30.8 Å². The highest BCUT2D eigenvalue weighted by atomic mass is 35.5. The van der Waals surface area contributed by atoms with Crippen LogP contribution in [-0.2, 0) is 16.8 Å². The number of anilines is 1. The number of amides is 1. The van der Waals surface area contributed by atoms with Crippen molar-refractivity contribution in [2.75, 3.05) is 18.4 Å². The minimum atomic E-state index is -0.723. The summed E-state index contributed by atoms with van der Waals surface area (Å²) >= 11 is 0. The molecule has 0 radical (unpaired) electrons. The van der Waals surface area contributed by atoms with Gasteiger partial charge in [0.05, 0.1) is 0 Å². The number of carbonyl (C=O) groups excluding carboxylic acids is 1. The lowest BCUT2D eigenvalue weighted by molar-refractivity contribution is -0.126. The van der Waals surface area contributed by atoms with Crippen LogP contribution in [0.3, 0.4) is 0 Å². The molecule has 0 spiro atoms. The molecule has 0 unspecified atom stereocenters. The second kappa shape index (κ2) is 9.23. The van der Waals surface area contributed by atoms with Gasteiger partial charge in [-0.15, -0.1) is 12.4 Å². The van der Waals surface area contributed by atoms with Crippen molar-refractivity contribution < 1.29 is 4.79 Å². The Morgan fingerprint density at radius 2 is 2.03 bits per heavy atom. The predicted molar refractivity (Wildman–Crippen MR) is 118 cm³/mol. The highest BCUT2D eigenvalue weighted by Crippen LogP contribution is 2.29. The van der Waals surface area contributed by atoms with Crippen molar-refractivity contribution in [3.8, 4) is 11.4 Å². The minimum absolute atomic E-state index is 0. The molecule has 0 atom stereocenters. The Hall–Kier alpha value is -2.97. The van der Waals surface area contributed by atoms with E-state index in [2.05, 4.69) is 25.7 Å². The number of aromatic amines is 1. The van der Waals surface area contributed by atoms with Crippen molar-refractivity contribution in [3.05, 3.63) is 64.8 Å². The van der Waals surface area contributed by atoms with Gasteiger partial charge in [0, 0.05) is 35.4 Å². The number of H-pyrrole nitrogens is 1. The highest BCUT2D eigenvalue weighted by Gasteiger charge is 2.42. The van der Waals surface area contributed by atoms with E-state index >= 15 is 0 Å². The molecule has 8 nitrogen and oxygen atoms in total. The lowest BCUT2D eigenvalue weighted by Gasteiger charge is -2.36. The van der Waals surface area contributed by atoms with Crippen molar-refractivity contribution in [2.45, 2.75) is 31.7 Å². The number of carbonyl (C=O) groups is 1. The lowest BCUT2D eigenvalue weighted by Crippen LogP contribution is -2.52. The first-order chi connectivity index (χ1) is 14.1. The summed E-state index contributed by atoms with van der Waals surface area (Å²) in [5, 5.41) is 10.7. The number of benzene rings is 1. The molecule has 0 aliphatic carbocycles. The molecule has 4 rings (SSSR count). The molecule has 30 heavy (non-hydrogen) atoms. The van der Waals surface area contributed by atoms with Crippen LogP contribution in [0, 0.1) is 0 Å². The van der Waals surface area contributed by atoms with E-state index in [9.17, 15) is 9.59 Å². The molecule has 3 heterocycles. The van der Waals surface area contributed by atoms with Crippen LogP contribution in [0.5, 0.6) is 0 Å². The molecular formula is C21H25ClN6O2. The van der Waals surface area contributed by atoms with E-state index in [4.69, 9.17) is 0 Å². The number of piperidine rings is 1. The van der Waals surface area contributed by atoms with Crippen molar-refractivity contribution in [3.63, 3.8) is 0 Å². The summed E-state index contributed by atoms with van der Waals surface area (Å²) in [6.45, 7) is 3.46. The van der Waals surface area contributed by atoms with Gasteiger partial charge >= 0.3 is 0 Å². The number of nitrogens with one attached hydrogen (secondary N) is 3. The summed E-state index contributed by atoms with van der Waals surface area (Å²) in [4.78, 5) is 32.5. The Morgan fingerprint density at radius 1 is 1.23 bits per heavy atom. The molecule has 1 fully saturated rings. The van der Waals surface area contributed by atoms with Crippen LogP contribution < -0.4 is 16.2 Å². The monoisotopic (exact) mass is 428 g/mol. The largest absolute Gasteiger partial charge is 0.324 e. The van der Waals surface area contributed by atoms with Crippen LogP contribution in [0.1, 0.15) is 25.5 Å². The number of aryl methyl sites for hydroxylation is 1. The van der Waals surface area contributed by atoms with Crippen LogP contribution in [0.2, 0.25) is 0 Å². The fourth-order valence-corrected chi connectivity index (χ4v) is 3.74. The zero-order valence-electron chi connectivity index (χ0n) is 16.7. The number of halogens is 1. The lowest BCUT2D eigenvalue weighted by atomic mass is 9.87. The molecule has 2 aromatic heterocycles. The van der Waals surface area contributed by atoms with Gasteiger partial charge in [-0.25, -0.2) is 4.98 Å². The maximum absolute atomic E-state index is 13.3. The van der Waals surface area contributed by atoms with Gasteiger partial charge in [0.2, 0.25) is 0 Å². The van der Waals surface area contributed by atoms with Crippen LogP contribution in [0.4, 0.5) is 5.69 Å². The first-order valence-corrected chi connectivity index (χ1v) is 9.84. The fraction of sp³-hybridized carbons (Fsp3) is 0.333. The Labute approximate surface area is 180 Å². The van der Waals surface area contributed by atoms with E-state index in [0.717, 1.165) is 24.3 Å². The molecule has 0 saturated carbocycles. The third-order valence-electron chi connectivity index (χ3n) is 5.35. The number of hydrogen-bond donors (Lipinski definition) is 3. The van der Waals surface area contributed by atoms with Gasteiger partial charge in [-0.1, -0.05) is 19.1 Å². The van der Waals surface area contributed by atoms with E-state index in [1.807, 2.05) is 43.5 Å². The van der Waals surface area contributed by atoms with Gasteiger partial charge in [-0.05, 0) is 50.6 Å². The molecule has 1 saturated heterocycles. The fourth-order valence-electron chi connectivity index (χ4n) is 3.74. The summed E-state index contributed by atoms with van der Waals surface area (Å²) < 4.78 is 1.76. The topological polar surface area (TPSA) is 105 Å². The van der Waals surface area contributed by atoms with Gasteiger partial charge in [0.1, 0.15) is 11.4 Å². The van der Waals surface area contributed by atoms with Gasteiger partial charge < -0.3 is 15.6 Å². The summed E-state index contributed by atoms with van der Waals surface area (Å²) in [6.07, 6.45) is 5.53. The van der Waals surface area contributed by atoms with E-state index in [-0.39, 0.29) is 23.9 Å². The zero-order valence-corrected chi connectivity index (χ0v) is 17.5. The maximum Gasteiger partial charge on any atom is 0.252 e. The third kappa shape index (κ3) is 4.29. The van der Waals surface area contributed by atoms with Crippen LogP contribution >= 0.6 is 12.4 Å². The van der Waals surface area contributed by atoms with Crippen molar-refractivity contribution in [2.24, 2.45) is 0 Å². The first-order valence-electron chi connectivity index (χ1n) is 9.84. The number of aromatic nitrogens is 4. The van der Waals surface area contributed by atoms with E-state index in [1.54, 1.807) is 10.9 Å². The summed E-state index contributed by atoms with van der Waals surface area (Å²) in [5.74, 6) is 0.401. The Morgan fingerprint density at radius 3 is 2.73 bits per heavy atom. The average Bonchev–Trinajstić information content (AvgIpc) is 3.29. The molecule has 1 amide bonds. The maximum atomic E-state index is 13.3. The summed E-state index contributed by atoms with van der Waals surface area (Å²) in [6, 6.07) is 10.7. The molecule has 1 aliphatic heterocycles. The number of rotatable bonds is 5. The molecule has 1 aromatic carbocycles. The normalized spacial score (nSPS) is 15.2. The molecule has 0 bridgehead atoms. The van der Waals surface area contributed by atoms with Crippen LogP contribution in [0.25, 0.3) is 11.4 Å². The van der Waals surface area contributed by atoms with Crippen molar-refractivity contribution in [1.82, 2.24) is 25.1 Å². The summed E-state index contributed by atoms with van der Waals surface area (Å²) in [7, 11) is 0. The molecule has 1 aliphatic rings. The Kier molecular flexibility index (Phi) is 6.69. The molecule has 9 heteroatoms. The second-order valence-electron chi connectivity index (χ2n) is 7.21. The SMILES string of the molecule is CCc1cc(=O)[nH]c(-c2cccc(NC(=O)C3(n4cccn4)CCNCC3)c2)n1.Cl. The highest BCUT2D eigenvalue weighted by molar-refractivity contribution is 5.97. The van der Waals surface area contributed by atoms with Gasteiger partial charge in [0.25, 0.3) is 11.5 Å². The van der Waals surface area contributed by atoms with Crippen LogP contribution in [0.15, 0.2) is 53.6 Å². The molecule has 3 aromatic rings. The van der Waals surface area contributed by atoms with E-state index < -0.39 is 5.54 Å². The Balaban J connectivity index is 0.00000256. The van der Waals surface area contributed by atoms with E-state index in [1.165, 1.54) is 6.07 Å². The van der Waals surface area contributed by atoms with Crippen LogP contribution in [-0.4, -0.2) is 38.7 Å². The van der Waals surface area contributed by atoms with Gasteiger partial charge in [-0.3, -0.25) is 14.3 Å². The summed E-state index contributed by atoms with van der Waals surface area (Å²) in [5.41, 5.74) is 1.22. The molecule has 158 valence electrons. The Bertz CT molecular complexity index is 1060. The number of hydrogen-bond acceptors (Lipinski definition) is 5. The number of nitrogens with zero attached hydrogens (tertiary/aromatic N) is 3. The van der Waals surface area contributed by atoms with Gasteiger partial charge in [-0.2, -0.15) is 5.10 Å². The molecule has 3 N–H and O–H groups in total. The van der Waals surface area contributed by atoms with Gasteiger partial charge in [0.15, 0.2) is 0 Å². The molecular weight excluding hydrogens is 404 g/mol. The predicted octanol–water partition coefficient (Wildman–Crippen LogP) is 2.34. The van der Waals surface area contributed by atoms with Crippen molar-refractivity contribution >= 4 is 24.0 Å². The zero-order chi connectivity index (χ0) is 20.3. The minimum Gasteiger partial charge on any atom is -0.324 e. The third-order valence-corrected chi connectivity index (χ3v) is 5.35.